The highest BCUT2D eigenvalue weighted by Crippen LogP contribution is 2.38. The van der Waals surface area contributed by atoms with Gasteiger partial charge in [-0.25, -0.2) is 0 Å². The number of allylic oxidation sites excluding steroid dienone is 3. The number of amides is 1. The summed E-state index contributed by atoms with van der Waals surface area (Å²) in [6.07, 6.45) is 63.1. The largest absolute Gasteiger partial charge is 0.756 e. The van der Waals surface area contributed by atoms with Crippen LogP contribution < -0.4 is 10.2 Å². The fraction of sp³-hybridized carbons (Fsp3) is 0.914. The molecule has 0 bridgehead atoms. The molecule has 0 saturated carbocycles. The first-order valence-electron chi connectivity index (χ1n) is 29.2. The standard InChI is InChI=1S/C58H115N2O6P/c1-6-8-10-12-14-16-17-18-19-20-21-22-23-24-25-26-27-28-29-30-31-32-33-34-35-36-37-38-39-40-41-42-44-46-48-50-52-58(62)59-56(55-66-67(63,64)65-54-53-60(3,4)5)57(61)51-49-47-45-43-15-13-11-9-7-2/h15,43,49,51,56-57,61H,6-14,16-42,44-48,50,52-55H2,1-5H3,(H-,59,62,63,64)/b43-15+,51-49+. The number of rotatable bonds is 54. The summed E-state index contributed by atoms with van der Waals surface area (Å²) in [5.41, 5.74) is 0. The molecule has 0 aromatic rings. The van der Waals surface area contributed by atoms with Crippen molar-refractivity contribution in [1.29, 1.82) is 0 Å². The Labute approximate surface area is 417 Å². The summed E-state index contributed by atoms with van der Waals surface area (Å²) in [6, 6.07) is -0.898. The Morgan fingerprint density at radius 2 is 0.836 bits per heavy atom. The molecule has 0 saturated heterocycles. The molecule has 0 aromatic carbocycles. The van der Waals surface area contributed by atoms with E-state index in [1.807, 2.05) is 27.2 Å². The number of aliphatic hydroxyl groups is 1. The number of hydrogen-bond donors (Lipinski definition) is 2. The van der Waals surface area contributed by atoms with Gasteiger partial charge in [-0.05, 0) is 32.1 Å². The molecule has 0 spiro atoms. The third-order valence-corrected chi connectivity index (χ3v) is 14.4. The first kappa shape index (κ1) is 66.0. The highest BCUT2D eigenvalue weighted by Gasteiger charge is 2.23. The van der Waals surface area contributed by atoms with Crippen LogP contribution in [0, 0.1) is 0 Å². The fourth-order valence-corrected chi connectivity index (χ4v) is 9.54. The number of phosphoric ester groups is 1. The smallest absolute Gasteiger partial charge is 0.268 e. The van der Waals surface area contributed by atoms with E-state index in [2.05, 4.69) is 31.3 Å². The highest BCUT2D eigenvalue weighted by atomic mass is 31.2. The first-order chi connectivity index (χ1) is 32.5. The zero-order valence-corrected chi connectivity index (χ0v) is 46.3. The number of hydrogen-bond acceptors (Lipinski definition) is 6. The molecule has 0 aliphatic heterocycles. The molecule has 3 atom stereocenters. The Kier molecular flexibility index (Phi) is 49.2. The first-order valence-corrected chi connectivity index (χ1v) is 30.7. The molecule has 398 valence electrons. The van der Waals surface area contributed by atoms with Crippen molar-refractivity contribution < 1.29 is 32.9 Å². The van der Waals surface area contributed by atoms with Crippen LogP contribution in [-0.2, 0) is 18.4 Å². The van der Waals surface area contributed by atoms with Gasteiger partial charge in [-0.1, -0.05) is 276 Å². The summed E-state index contributed by atoms with van der Waals surface area (Å²) in [4.78, 5) is 25.3. The normalized spacial score (nSPS) is 14.1. The molecular formula is C58H115N2O6P. The number of likely N-dealkylation sites (N-methyl/N-ethyl adjacent to an activating group) is 1. The van der Waals surface area contributed by atoms with Crippen LogP contribution in [-0.4, -0.2) is 68.5 Å². The minimum atomic E-state index is -4.59. The van der Waals surface area contributed by atoms with Crippen LogP contribution in [0.5, 0.6) is 0 Å². The van der Waals surface area contributed by atoms with E-state index in [0.717, 1.165) is 38.5 Å². The minimum absolute atomic E-state index is 0.00448. The Morgan fingerprint density at radius 1 is 0.507 bits per heavy atom. The molecule has 3 unspecified atom stereocenters. The van der Waals surface area contributed by atoms with E-state index in [1.54, 1.807) is 6.08 Å². The number of quaternary nitrogens is 1. The summed E-state index contributed by atoms with van der Waals surface area (Å²) in [5.74, 6) is -0.205. The Bertz CT molecular complexity index is 1140. The van der Waals surface area contributed by atoms with Gasteiger partial charge in [-0.3, -0.25) is 9.36 Å². The lowest BCUT2D eigenvalue weighted by Crippen LogP contribution is -2.45. The van der Waals surface area contributed by atoms with E-state index >= 15 is 0 Å². The second-order valence-corrected chi connectivity index (χ2v) is 22.8. The molecule has 2 N–H and O–H groups in total. The maximum Gasteiger partial charge on any atom is 0.268 e. The molecule has 9 heteroatoms. The van der Waals surface area contributed by atoms with E-state index < -0.39 is 20.0 Å². The van der Waals surface area contributed by atoms with Gasteiger partial charge < -0.3 is 28.8 Å². The van der Waals surface area contributed by atoms with Crippen molar-refractivity contribution in [3.05, 3.63) is 24.3 Å². The van der Waals surface area contributed by atoms with Crippen LogP contribution in [0.4, 0.5) is 0 Å². The number of aliphatic hydroxyl groups excluding tert-OH is 1. The maximum absolute atomic E-state index is 12.9. The average molecular weight is 968 g/mol. The SMILES string of the molecule is CCCCC/C=C/CC/C=C/C(O)C(COP(=O)([O-])OCC[N+](C)(C)C)NC(=O)CCCCCCCCCCCCCCCCCCCCCCCCCCCCCCCCCCCCCC. The van der Waals surface area contributed by atoms with Gasteiger partial charge in [0, 0.05) is 6.42 Å². The van der Waals surface area contributed by atoms with Crippen LogP contribution in [0.2, 0.25) is 0 Å². The van der Waals surface area contributed by atoms with Crippen LogP contribution >= 0.6 is 7.82 Å². The van der Waals surface area contributed by atoms with E-state index in [0.29, 0.717) is 17.4 Å². The van der Waals surface area contributed by atoms with Crippen molar-refractivity contribution >= 4 is 13.7 Å². The molecule has 0 aromatic heterocycles. The Hall–Kier alpha value is -1.02. The van der Waals surface area contributed by atoms with Gasteiger partial charge in [-0.2, -0.15) is 0 Å². The van der Waals surface area contributed by atoms with Gasteiger partial charge in [0.15, 0.2) is 0 Å². The lowest BCUT2D eigenvalue weighted by Gasteiger charge is -2.29. The zero-order valence-electron chi connectivity index (χ0n) is 45.4. The number of carbonyl (C=O) groups excluding carboxylic acids is 1. The van der Waals surface area contributed by atoms with Crippen molar-refractivity contribution in [2.24, 2.45) is 0 Å². The molecular weight excluding hydrogens is 852 g/mol. The third kappa shape index (κ3) is 52.6. The topological polar surface area (TPSA) is 108 Å². The minimum Gasteiger partial charge on any atom is -0.756 e. The summed E-state index contributed by atoms with van der Waals surface area (Å²) in [5, 5.41) is 13.7. The van der Waals surface area contributed by atoms with E-state index in [4.69, 9.17) is 9.05 Å². The van der Waals surface area contributed by atoms with Crippen LogP contribution in [0.3, 0.4) is 0 Å². The van der Waals surface area contributed by atoms with Crippen molar-refractivity contribution in [1.82, 2.24) is 5.32 Å². The third-order valence-electron chi connectivity index (χ3n) is 13.4. The Balaban J connectivity index is 3.81. The molecule has 0 aliphatic rings. The molecule has 0 heterocycles. The zero-order chi connectivity index (χ0) is 49.2. The number of nitrogens with zero attached hydrogens (tertiary/aromatic N) is 1. The van der Waals surface area contributed by atoms with Crippen molar-refractivity contribution in [2.75, 3.05) is 40.9 Å². The molecule has 0 radical (unpaired) electrons. The van der Waals surface area contributed by atoms with Crippen LogP contribution in [0.1, 0.15) is 290 Å². The number of unbranched alkanes of at least 4 members (excludes halogenated alkanes) is 39. The van der Waals surface area contributed by atoms with Crippen molar-refractivity contribution in [2.45, 2.75) is 302 Å². The van der Waals surface area contributed by atoms with Gasteiger partial charge in [0.2, 0.25) is 5.91 Å². The van der Waals surface area contributed by atoms with E-state index in [-0.39, 0.29) is 19.1 Å². The Morgan fingerprint density at radius 3 is 1.21 bits per heavy atom. The highest BCUT2D eigenvalue weighted by molar-refractivity contribution is 7.45. The molecule has 67 heavy (non-hydrogen) atoms. The number of carbonyl (C=O) groups is 1. The summed E-state index contributed by atoms with van der Waals surface area (Å²) in [7, 11) is 1.25. The van der Waals surface area contributed by atoms with Gasteiger partial charge in [0.25, 0.3) is 7.82 Å². The molecule has 8 nitrogen and oxygen atoms in total. The van der Waals surface area contributed by atoms with Gasteiger partial charge in [0.1, 0.15) is 13.2 Å². The van der Waals surface area contributed by atoms with Crippen molar-refractivity contribution in [3.63, 3.8) is 0 Å². The molecule has 0 aliphatic carbocycles. The summed E-state index contributed by atoms with van der Waals surface area (Å²) >= 11 is 0. The second-order valence-electron chi connectivity index (χ2n) is 21.4. The lowest BCUT2D eigenvalue weighted by atomic mass is 10.0. The summed E-state index contributed by atoms with van der Waals surface area (Å²) < 4.78 is 23.2. The lowest BCUT2D eigenvalue weighted by molar-refractivity contribution is -0.870. The predicted octanol–water partition coefficient (Wildman–Crippen LogP) is 17.0. The quantitative estimate of drug-likeness (QED) is 0.0272. The molecule has 1 amide bonds. The molecule has 0 rings (SSSR count). The molecule has 0 fully saturated rings. The maximum atomic E-state index is 12.9. The van der Waals surface area contributed by atoms with Gasteiger partial charge in [-0.15, -0.1) is 0 Å². The van der Waals surface area contributed by atoms with Gasteiger partial charge >= 0.3 is 0 Å². The monoisotopic (exact) mass is 967 g/mol. The van der Waals surface area contributed by atoms with Crippen LogP contribution in [0.25, 0.3) is 0 Å². The van der Waals surface area contributed by atoms with E-state index in [9.17, 15) is 19.4 Å². The second kappa shape index (κ2) is 49.9. The number of phosphoric acid groups is 1. The number of nitrogens with one attached hydrogen (secondary N) is 1. The summed E-state index contributed by atoms with van der Waals surface area (Å²) in [6.45, 7) is 4.60. The van der Waals surface area contributed by atoms with E-state index in [1.165, 1.54) is 231 Å². The predicted molar refractivity (Wildman–Crippen MR) is 289 cm³/mol. The van der Waals surface area contributed by atoms with Gasteiger partial charge in [0.05, 0.1) is 39.9 Å². The van der Waals surface area contributed by atoms with Crippen molar-refractivity contribution in [3.8, 4) is 0 Å². The van der Waals surface area contributed by atoms with Crippen LogP contribution in [0.15, 0.2) is 24.3 Å². The average Bonchev–Trinajstić information content (AvgIpc) is 3.29. The fourth-order valence-electron chi connectivity index (χ4n) is 8.82.